The number of amides is 2. The van der Waals surface area contributed by atoms with Crippen molar-refractivity contribution in [3.8, 4) is 0 Å². The molecule has 0 aromatic heterocycles. The smallest absolute Gasteiger partial charge is 0.362 e. The number of carbonyl (C=O) groups excluding carboxylic acids is 2. The van der Waals surface area contributed by atoms with Crippen LogP contribution in [0.2, 0.25) is 0 Å². The van der Waals surface area contributed by atoms with E-state index >= 15 is 0 Å². The zero-order valence-corrected chi connectivity index (χ0v) is 12.3. The van der Waals surface area contributed by atoms with Crippen LogP contribution in [0, 0.1) is 12.7 Å². The van der Waals surface area contributed by atoms with Crippen molar-refractivity contribution in [3.63, 3.8) is 0 Å². The summed E-state index contributed by atoms with van der Waals surface area (Å²) in [5.74, 6) is -1.76. The molecule has 0 aliphatic carbocycles. The SMILES string of the molecule is Cc1ccc(C(=O)NCCNC(=O)COCC(F)(F)F)cc1F. The molecule has 0 atom stereocenters. The van der Waals surface area contributed by atoms with E-state index in [1.165, 1.54) is 12.1 Å². The van der Waals surface area contributed by atoms with Crippen LogP contribution in [0.3, 0.4) is 0 Å². The number of aryl methyl sites for hydroxylation is 1. The number of rotatable bonds is 7. The molecule has 0 bridgehead atoms. The Labute approximate surface area is 130 Å². The van der Waals surface area contributed by atoms with Gasteiger partial charge in [-0.2, -0.15) is 13.2 Å². The van der Waals surface area contributed by atoms with Crippen LogP contribution in [0.4, 0.5) is 17.6 Å². The molecule has 0 saturated heterocycles. The summed E-state index contributed by atoms with van der Waals surface area (Å²) in [7, 11) is 0. The van der Waals surface area contributed by atoms with Crippen LogP contribution in [0.25, 0.3) is 0 Å². The van der Waals surface area contributed by atoms with Gasteiger partial charge in [-0.05, 0) is 24.6 Å². The number of alkyl halides is 3. The first-order chi connectivity index (χ1) is 10.7. The predicted octanol–water partition coefficient (Wildman–Crippen LogP) is 1.56. The molecular weight excluding hydrogens is 320 g/mol. The van der Waals surface area contributed by atoms with E-state index in [2.05, 4.69) is 15.4 Å². The van der Waals surface area contributed by atoms with E-state index in [1.54, 1.807) is 6.92 Å². The second-order valence-corrected chi connectivity index (χ2v) is 4.68. The number of hydrogen-bond acceptors (Lipinski definition) is 3. The van der Waals surface area contributed by atoms with Gasteiger partial charge in [-0.1, -0.05) is 6.07 Å². The predicted molar refractivity (Wildman–Crippen MR) is 73.4 cm³/mol. The minimum absolute atomic E-state index is 0.00823. The van der Waals surface area contributed by atoms with Gasteiger partial charge in [0, 0.05) is 18.7 Å². The third kappa shape index (κ3) is 7.59. The maximum absolute atomic E-state index is 13.3. The van der Waals surface area contributed by atoms with Gasteiger partial charge in [0.15, 0.2) is 0 Å². The molecule has 0 aliphatic rings. The number of ether oxygens (including phenoxy) is 1. The van der Waals surface area contributed by atoms with Crippen molar-refractivity contribution in [1.82, 2.24) is 10.6 Å². The number of benzene rings is 1. The summed E-state index contributed by atoms with van der Waals surface area (Å²) < 4.78 is 52.8. The van der Waals surface area contributed by atoms with Gasteiger partial charge in [-0.3, -0.25) is 9.59 Å². The van der Waals surface area contributed by atoms with Gasteiger partial charge >= 0.3 is 6.18 Å². The van der Waals surface area contributed by atoms with E-state index in [1.807, 2.05) is 0 Å². The molecule has 0 unspecified atom stereocenters. The van der Waals surface area contributed by atoms with Crippen molar-refractivity contribution in [1.29, 1.82) is 0 Å². The molecule has 0 fully saturated rings. The molecular formula is C14H16F4N2O3. The van der Waals surface area contributed by atoms with E-state index in [9.17, 15) is 27.2 Å². The van der Waals surface area contributed by atoms with Crippen molar-refractivity contribution in [2.75, 3.05) is 26.3 Å². The molecule has 2 N–H and O–H groups in total. The van der Waals surface area contributed by atoms with Crippen molar-refractivity contribution in [2.24, 2.45) is 0 Å². The topological polar surface area (TPSA) is 67.4 Å². The molecule has 1 aromatic rings. The van der Waals surface area contributed by atoms with Gasteiger partial charge in [0.25, 0.3) is 5.91 Å². The highest BCUT2D eigenvalue weighted by Gasteiger charge is 2.27. The Hall–Kier alpha value is -2.16. The Morgan fingerprint density at radius 3 is 2.43 bits per heavy atom. The van der Waals surface area contributed by atoms with Crippen LogP contribution in [0.15, 0.2) is 18.2 Å². The fourth-order valence-corrected chi connectivity index (χ4v) is 1.52. The highest BCUT2D eigenvalue weighted by atomic mass is 19.4. The van der Waals surface area contributed by atoms with Crippen LogP contribution in [-0.4, -0.2) is 44.3 Å². The lowest BCUT2D eigenvalue weighted by Crippen LogP contribution is -2.36. The lowest BCUT2D eigenvalue weighted by molar-refractivity contribution is -0.175. The molecule has 9 heteroatoms. The van der Waals surface area contributed by atoms with E-state index in [0.29, 0.717) is 5.56 Å². The standard InChI is InChI=1S/C14H16F4N2O3/c1-9-2-3-10(6-11(9)15)13(22)20-5-4-19-12(21)7-23-8-14(16,17)18/h2-3,6H,4-5,7-8H2,1H3,(H,19,21)(H,20,22). The van der Waals surface area contributed by atoms with E-state index in [-0.39, 0.29) is 18.7 Å². The first-order valence-electron chi connectivity index (χ1n) is 6.64. The minimum atomic E-state index is -4.49. The second-order valence-electron chi connectivity index (χ2n) is 4.68. The molecule has 0 aliphatic heterocycles. The maximum Gasteiger partial charge on any atom is 0.411 e. The van der Waals surface area contributed by atoms with Crippen molar-refractivity contribution in [2.45, 2.75) is 13.1 Å². The molecule has 23 heavy (non-hydrogen) atoms. The van der Waals surface area contributed by atoms with E-state index in [0.717, 1.165) is 6.07 Å². The van der Waals surface area contributed by atoms with Gasteiger partial charge in [0.05, 0.1) is 0 Å². The molecule has 0 saturated carbocycles. The summed E-state index contributed by atoms with van der Waals surface area (Å²) in [6, 6.07) is 4.01. The van der Waals surface area contributed by atoms with Gasteiger partial charge in [-0.25, -0.2) is 4.39 Å². The number of hydrogen-bond donors (Lipinski definition) is 2. The number of carbonyl (C=O) groups is 2. The lowest BCUT2D eigenvalue weighted by Gasteiger charge is -2.09. The minimum Gasteiger partial charge on any atom is -0.362 e. The Kier molecular flexibility index (Phi) is 6.95. The van der Waals surface area contributed by atoms with Gasteiger partial charge < -0.3 is 15.4 Å². The van der Waals surface area contributed by atoms with Crippen LogP contribution in [-0.2, 0) is 9.53 Å². The molecule has 2 amide bonds. The van der Waals surface area contributed by atoms with Gasteiger partial charge in [-0.15, -0.1) is 0 Å². The maximum atomic E-state index is 13.3. The number of halogens is 4. The highest BCUT2D eigenvalue weighted by Crippen LogP contribution is 2.14. The van der Waals surface area contributed by atoms with E-state index < -0.39 is 37.0 Å². The van der Waals surface area contributed by atoms with Crippen LogP contribution >= 0.6 is 0 Å². The largest absolute Gasteiger partial charge is 0.411 e. The molecule has 0 spiro atoms. The highest BCUT2D eigenvalue weighted by molar-refractivity contribution is 5.94. The van der Waals surface area contributed by atoms with Crippen molar-refractivity contribution < 1.29 is 31.9 Å². The van der Waals surface area contributed by atoms with Crippen LogP contribution in [0.5, 0.6) is 0 Å². The summed E-state index contributed by atoms with van der Waals surface area (Å²) in [5.41, 5.74) is 0.542. The Bertz CT molecular complexity index is 561. The summed E-state index contributed by atoms with van der Waals surface area (Å²) in [6.07, 6.45) is -4.49. The third-order valence-electron chi connectivity index (χ3n) is 2.67. The Morgan fingerprint density at radius 1 is 1.17 bits per heavy atom. The summed E-state index contributed by atoms with van der Waals surface area (Å²) in [4.78, 5) is 22.9. The fraction of sp³-hybridized carbons (Fsp3) is 0.429. The summed E-state index contributed by atoms with van der Waals surface area (Å²) in [5, 5.41) is 4.72. The average molecular weight is 336 g/mol. The molecule has 128 valence electrons. The Morgan fingerprint density at radius 2 is 1.83 bits per heavy atom. The average Bonchev–Trinajstić information content (AvgIpc) is 2.45. The molecule has 0 heterocycles. The monoisotopic (exact) mass is 336 g/mol. The lowest BCUT2D eigenvalue weighted by atomic mass is 10.1. The van der Waals surface area contributed by atoms with Gasteiger partial charge in [0.1, 0.15) is 19.0 Å². The van der Waals surface area contributed by atoms with Crippen molar-refractivity contribution in [3.05, 3.63) is 35.1 Å². The van der Waals surface area contributed by atoms with Crippen LogP contribution in [0.1, 0.15) is 15.9 Å². The zero-order chi connectivity index (χ0) is 17.5. The summed E-state index contributed by atoms with van der Waals surface area (Å²) in [6.45, 7) is -0.617. The first kappa shape index (κ1) is 18.9. The third-order valence-corrected chi connectivity index (χ3v) is 2.67. The van der Waals surface area contributed by atoms with Gasteiger partial charge in [0.2, 0.25) is 5.91 Å². The Balaban J connectivity index is 2.22. The molecule has 1 aromatic carbocycles. The fourth-order valence-electron chi connectivity index (χ4n) is 1.52. The van der Waals surface area contributed by atoms with Crippen LogP contribution < -0.4 is 10.6 Å². The molecule has 5 nitrogen and oxygen atoms in total. The zero-order valence-electron chi connectivity index (χ0n) is 12.3. The quantitative estimate of drug-likeness (QED) is 0.587. The molecule has 0 radical (unpaired) electrons. The molecule has 1 rings (SSSR count). The first-order valence-corrected chi connectivity index (χ1v) is 6.64. The summed E-state index contributed by atoms with van der Waals surface area (Å²) >= 11 is 0. The second kappa shape index (κ2) is 8.47. The normalized spacial score (nSPS) is 11.2. The number of nitrogens with one attached hydrogen (secondary N) is 2. The van der Waals surface area contributed by atoms with E-state index in [4.69, 9.17) is 0 Å². The van der Waals surface area contributed by atoms with Crippen molar-refractivity contribution >= 4 is 11.8 Å².